The molecule has 7 heteroatoms. The van der Waals surface area contributed by atoms with Crippen LogP contribution in [0.25, 0.3) is 0 Å². The molecule has 2 N–H and O–H groups in total. The lowest BCUT2D eigenvalue weighted by atomic mass is 9.79. The van der Waals surface area contributed by atoms with Crippen LogP contribution in [0.3, 0.4) is 0 Å². The van der Waals surface area contributed by atoms with E-state index in [0.717, 1.165) is 25.9 Å². The number of hydrogen-bond acceptors (Lipinski definition) is 6. The van der Waals surface area contributed by atoms with E-state index in [1.54, 1.807) is 7.11 Å². The first-order chi connectivity index (χ1) is 8.77. The van der Waals surface area contributed by atoms with Crippen LogP contribution in [0, 0.1) is 5.41 Å². The third-order valence-electron chi connectivity index (χ3n) is 3.17. The Labute approximate surface area is 105 Å². The van der Waals surface area contributed by atoms with Crippen molar-refractivity contribution in [1.29, 1.82) is 0 Å². The third kappa shape index (κ3) is 2.80. The van der Waals surface area contributed by atoms with Crippen LogP contribution < -0.4 is 10.6 Å². The SMILES string of the molecule is COCC1(C(=O)Nc2nccnn2)CCNCC1. The van der Waals surface area contributed by atoms with Crippen LogP contribution in [0.15, 0.2) is 12.4 Å². The average molecular weight is 251 g/mol. The lowest BCUT2D eigenvalue weighted by Gasteiger charge is -2.35. The summed E-state index contributed by atoms with van der Waals surface area (Å²) in [5.74, 6) is 0.135. The first kappa shape index (κ1) is 12.8. The van der Waals surface area contributed by atoms with E-state index in [-0.39, 0.29) is 11.9 Å². The average Bonchev–Trinajstić information content (AvgIpc) is 2.41. The van der Waals surface area contributed by atoms with Gasteiger partial charge in [0.2, 0.25) is 11.9 Å². The number of carbonyl (C=O) groups excluding carboxylic acids is 1. The Hall–Kier alpha value is -1.60. The topological polar surface area (TPSA) is 89.0 Å². The highest BCUT2D eigenvalue weighted by Crippen LogP contribution is 2.30. The molecule has 2 rings (SSSR count). The Kier molecular flexibility index (Phi) is 4.16. The summed E-state index contributed by atoms with van der Waals surface area (Å²) in [6.07, 6.45) is 4.44. The lowest BCUT2D eigenvalue weighted by molar-refractivity contribution is -0.130. The van der Waals surface area contributed by atoms with Crippen molar-refractivity contribution in [3.05, 3.63) is 12.4 Å². The molecule has 0 saturated carbocycles. The van der Waals surface area contributed by atoms with Crippen molar-refractivity contribution in [3.63, 3.8) is 0 Å². The molecule has 2 heterocycles. The summed E-state index contributed by atoms with van der Waals surface area (Å²) in [4.78, 5) is 16.3. The zero-order valence-corrected chi connectivity index (χ0v) is 10.3. The molecule has 1 aromatic heterocycles. The first-order valence-electron chi connectivity index (χ1n) is 5.92. The Morgan fingerprint density at radius 1 is 1.50 bits per heavy atom. The Balaban J connectivity index is 2.08. The minimum absolute atomic E-state index is 0.0983. The number of ether oxygens (including phenoxy) is 1. The van der Waals surface area contributed by atoms with Gasteiger partial charge in [-0.1, -0.05) is 0 Å². The minimum Gasteiger partial charge on any atom is -0.384 e. The van der Waals surface area contributed by atoms with E-state index in [0.29, 0.717) is 6.61 Å². The molecule has 98 valence electrons. The highest BCUT2D eigenvalue weighted by molar-refractivity contribution is 5.94. The maximum atomic E-state index is 12.4. The molecule has 7 nitrogen and oxygen atoms in total. The fourth-order valence-corrected chi connectivity index (χ4v) is 2.16. The van der Waals surface area contributed by atoms with Gasteiger partial charge in [0.25, 0.3) is 0 Å². The first-order valence-corrected chi connectivity index (χ1v) is 5.92. The van der Waals surface area contributed by atoms with Gasteiger partial charge in [-0.25, -0.2) is 4.98 Å². The molecule has 0 unspecified atom stereocenters. The monoisotopic (exact) mass is 251 g/mol. The zero-order valence-electron chi connectivity index (χ0n) is 10.3. The summed E-state index contributed by atoms with van der Waals surface area (Å²) in [6.45, 7) is 2.02. The summed E-state index contributed by atoms with van der Waals surface area (Å²) in [7, 11) is 1.61. The van der Waals surface area contributed by atoms with E-state index >= 15 is 0 Å². The summed E-state index contributed by atoms with van der Waals surface area (Å²) in [5, 5.41) is 13.4. The van der Waals surface area contributed by atoms with Gasteiger partial charge in [-0.3, -0.25) is 10.1 Å². The van der Waals surface area contributed by atoms with Gasteiger partial charge < -0.3 is 10.1 Å². The molecule has 18 heavy (non-hydrogen) atoms. The molecule has 0 spiro atoms. The molecule has 0 aromatic carbocycles. The summed E-state index contributed by atoms with van der Waals surface area (Å²) in [6, 6.07) is 0. The fraction of sp³-hybridized carbons (Fsp3) is 0.636. The Morgan fingerprint density at radius 2 is 2.28 bits per heavy atom. The number of nitrogens with zero attached hydrogens (tertiary/aromatic N) is 3. The number of methoxy groups -OCH3 is 1. The molecule has 0 bridgehead atoms. The van der Waals surface area contributed by atoms with E-state index in [1.165, 1.54) is 12.4 Å². The third-order valence-corrected chi connectivity index (χ3v) is 3.17. The zero-order chi connectivity index (χ0) is 12.8. The second-order valence-electron chi connectivity index (χ2n) is 4.38. The standard InChI is InChI=1S/C11H17N5O2/c1-18-8-11(2-4-12-5-3-11)9(17)15-10-13-6-7-14-16-10/h6-7,12H,2-5,8H2,1H3,(H,13,15,16,17). The van der Waals surface area contributed by atoms with E-state index in [4.69, 9.17) is 4.74 Å². The molecule has 0 aliphatic carbocycles. The number of aromatic nitrogens is 3. The molecule has 0 atom stereocenters. The quantitative estimate of drug-likeness (QED) is 0.772. The molecule has 1 amide bonds. The van der Waals surface area contributed by atoms with Gasteiger partial charge in [0.05, 0.1) is 24.4 Å². The summed E-state index contributed by atoms with van der Waals surface area (Å²) >= 11 is 0. The molecule has 1 aliphatic heterocycles. The molecule has 0 radical (unpaired) electrons. The predicted molar refractivity (Wildman–Crippen MR) is 64.9 cm³/mol. The van der Waals surface area contributed by atoms with Gasteiger partial charge in [-0.05, 0) is 25.9 Å². The second-order valence-corrected chi connectivity index (χ2v) is 4.38. The van der Waals surface area contributed by atoms with Crippen molar-refractivity contribution >= 4 is 11.9 Å². The number of hydrogen-bond donors (Lipinski definition) is 2. The van der Waals surface area contributed by atoms with Crippen molar-refractivity contribution in [3.8, 4) is 0 Å². The van der Waals surface area contributed by atoms with Gasteiger partial charge in [-0.2, -0.15) is 5.10 Å². The summed E-state index contributed by atoms with van der Waals surface area (Å²) in [5.41, 5.74) is -0.501. The van der Waals surface area contributed by atoms with Crippen LogP contribution in [0.5, 0.6) is 0 Å². The largest absolute Gasteiger partial charge is 0.384 e. The maximum Gasteiger partial charge on any atom is 0.249 e. The van der Waals surface area contributed by atoms with Crippen molar-refractivity contribution in [1.82, 2.24) is 20.5 Å². The Morgan fingerprint density at radius 3 is 2.89 bits per heavy atom. The Bertz CT molecular complexity index is 386. The minimum atomic E-state index is -0.501. The van der Waals surface area contributed by atoms with E-state index < -0.39 is 5.41 Å². The predicted octanol–water partition coefficient (Wildman–Crippen LogP) is -0.174. The number of rotatable bonds is 4. The number of carbonyl (C=O) groups is 1. The van der Waals surface area contributed by atoms with Crippen molar-refractivity contribution < 1.29 is 9.53 Å². The van der Waals surface area contributed by atoms with Crippen LogP contribution in [0.2, 0.25) is 0 Å². The molecule has 1 aromatic rings. The molecule has 1 fully saturated rings. The molecular formula is C11H17N5O2. The van der Waals surface area contributed by atoms with Gasteiger partial charge in [0.15, 0.2) is 0 Å². The van der Waals surface area contributed by atoms with Gasteiger partial charge in [-0.15, -0.1) is 5.10 Å². The smallest absolute Gasteiger partial charge is 0.249 e. The lowest BCUT2D eigenvalue weighted by Crippen LogP contribution is -2.47. The maximum absolute atomic E-state index is 12.4. The molecule has 1 aliphatic rings. The van der Waals surface area contributed by atoms with Crippen molar-refractivity contribution in [2.24, 2.45) is 5.41 Å². The van der Waals surface area contributed by atoms with Crippen LogP contribution in [0.4, 0.5) is 5.95 Å². The van der Waals surface area contributed by atoms with Gasteiger partial charge in [0, 0.05) is 7.11 Å². The molecule has 1 saturated heterocycles. The van der Waals surface area contributed by atoms with Crippen molar-refractivity contribution in [2.45, 2.75) is 12.8 Å². The normalized spacial score (nSPS) is 18.3. The van der Waals surface area contributed by atoms with Crippen molar-refractivity contribution in [2.75, 3.05) is 32.1 Å². The highest BCUT2D eigenvalue weighted by atomic mass is 16.5. The van der Waals surface area contributed by atoms with E-state index in [9.17, 15) is 4.79 Å². The van der Waals surface area contributed by atoms with Gasteiger partial charge >= 0.3 is 0 Å². The fourth-order valence-electron chi connectivity index (χ4n) is 2.16. The van der Waals surface area contributed by atoms with Gasteiger partial charge in [0.1, 0.15) is 0 Å². The van der Waals surface area contributed by atoms with E-state index in [2.05, 4.69) is 25.8 Å². The second kappa shape index (κ2) is 5.83. The number of nitrogens with one attached hydrogen (secondary N) is 2. The van der Waals surface area contributed by atoms with Crippen LogP contribution >= 0.6 is 0 Å². The number of piperidine rings is 1. The van der Waals surface area contributed by atoms with E-state index in [1.807, 2.05) is 0 Å². The summed E-state index contributed by atoms with van der Waals surface area (Å²) < 4.78 is 5.20. The number of anilines is 1. The molecular weight excluding hydrogens is 234 g/mol. The van der Waals surface area contributed by atoms with Crippen LogP contribution in [0.1, 0.15) is 12.8 Å². The number of amides is 1. The highest BCUT2D eigenvalue weighted by Gasteiger charge is 2.40. The van der Waals surface area contributed by atoms with Crippen LogP contribution in [-0.2, 0) is 9.53 Å². The van der Waals surface area contributed by atoms with Crippen LogP contribution in [-0.4, -0.2) is 47.9 Å².